The molecule has 0 radical (unpaired) electrons. The molecule has 1 atom stereocenters. The minimum atomic E-state index is -4.30. The van der Waals surface area contributed by atoms with Gasteiger partial charge in [-0.15, -0.1) is 5.10 Å². The molecule has 0 spiro atoms. The van der Waals surface area contributed by atoms with Crippen molar-refractivity contribution >= 4 is 17.3 Å². The standard InChI is InChI=1S/C11H11ClF3N5/c1-6(5-11(13,14)15)20-10(17-18-19-20)8-4-7(16)2-3-9(8)12/h2-4,6H,5,16H2,1H3. The molecule has 0 aliphatic carbocycles. The first-order valence-corrected chi connectivity index (χ1v) is 6.06. The van der Waals surface area contributed by atoms with Gasteiger partial charge in [0.2, 0.25) is 0 Å². The van der Waals surface area contributed by atoms with Crippen molar-refractivity contribution < 1.29 is 13.2 Å². The fraction of sp³-hybridized carbons (Fsp3) is 0.364. The lowest BCUT2D eigenvalue weighted by Gasteiger charge is -2.15. The van der Waals surface area contributed by atoms with E-state index in [4.69, 9.17) is 17.3 Å². The van der Waals surface area contributed by atoms with E-state index in [-0.39, 0.29) is 5.82 Å². The third-order valence-electron chi connectivity index (χ3n) is 2.67. The Labute approximate surface area is 117 Å². The number of benzene rings is 1. The third-order valence-corrected chi connectivity index (χ3v) is 3.00. The van der Waals surface area contributed by atoms with E-state index < -0.39 is 18.6 Å². The van der Waals surface area contributed by atoms with Gasteiger partial charge in [0, 0.05) is 11.3 Å². The van der Waals surface area contributed by atoms with Crippen LogP contribution in [0, 0.1) is 0 Å². The average molecular weight is 306 g/mol. The van der Waals surface area contributed by atoms with E-state index in [1.165, 1.54) is 13.0 Å². The van der Waals surface area contributed by atoms with Crippen molar-refractivity contribution in [2.24, 2.45) is 0 Å². The Kier molecular flexibility index (Phi) is 3.85. The fourth-order valence-electron chi connectivity index (χ4n) is 1.80. The lowest BCUT2D eigenvalue weighted by atomic mass is 10.1. The number of nitrogens with zero attached hydrogens (tertiary/aromatic N) is 4. The summed E-state index contributed by atoms with van der Waals surface area (Å²) in [5.74, 6) is 0.152. The van der Waals surface area contributed by atoms with Crippen molar-refractivity contribution in [1.82, 2.24) is 20.2 Å². The Bertz CT molecular complexity index is 610. The molecule has 0 saturated carbocycles. The summed E-state index contributed by atoms with van der Waals surface area (Å²) in [6.07, 6.45) is -5.34. The highest BCUT2D eigenvalue weighted by atomic mass is 35.5. The van der Waals surface area contributed by atoms with Gasteiger partial charge in [0.1, 0.15) is 0 Å². The quantitative estimate of drug-likeness (QED) is 0.885. The monoisotopic (exact) mass is 305 g/mol. The molecule has 2 aromatic rings. The van der Waals surface area contributed by atoms with Crippen LogP contribution in [0.25, 0.3) is 11.4 Å². The van der Waals surface area contributed by atoms with Crippen LogP contribution in [0.5, 0.6) is 0 Å². The van der Waals surface area contributed by atoms with Gasteiger partial charge in [-0.25, -0.2) is 4.68 Å². The van der Waals surface area contributed by atoms with E-state index >= 15 is 0 Å². The van der Waals surface area contributed by atoms with Crippen LogP contribution in [-0.4, -0.2) is 26.4 Å². The molecule has 0 fully saturated rings. The van der Waals surface area contributed by atoms with Gasteiger partial charge >= 0.3 is 6.18 Å². The van der Waals surface area contributed by atoms with Crippen molar-refractivity contribution in [3.63, 3.8) is 0 Å². The Morgan fingerprint density at radius 3 is 2.75 bits per heavy atom. The molecule has 1 unspecified atom stereocenters. The molecule has 0 saturated heterocycles. The zero-order valence-corrected chi connectivity index (χ0v) is 11.2. The number of hydrogen-bond acceptors (Lipinski definition) is 4. The summed E-state index contributed by atoms with van der Waals surface area (Å²) in [6.45, 7) is 1.38. The van der Waals surface area contributed by atoms with Crippen molar-refractivity contribution in [1.29, 1.82) is 0 Å². The highest BCUT2D eigenvalue weighted by Gasteiger charge is 2.32. The molecule has 1 aromatic carbocycles. The molecule has 1 aromatic heterocycles. The molecule has 0 aliphatic rings. The Morgan fingerprint density at radius 1 is 1.40 bits per heavy atom. The van der Waals surface area contributed by atoms with Crippen molar-refractivity contribution in [2.45, 2.75) is 25.6 Å². The molecular formula is C11H11ClF3N5. The van der Waals surface area contributed by atoms with Crippen LogP contribution in [0.15, 0.2) is 18.2 Å². The molecule has 108 valence electrons. The number of halogens is 4. The number of nitrogens with two attached hydrogens (primary N) is 1. The first-order chi connectivity index (χ1) is 9.28. The molecule has 0 aliphatic heterocycles. The molecular weight excluding hydrogens is 295 g/mol. The van der Waals surface area contributed by atoms with Crippen LogP contribution in [0.1, 0.15) is 19.4 Å². The summed E-state index contributed by atoms with van der Waals surface area (Å²) in [4.78, 5) is 0. The molecule has 5 nitrogen and oxygen atoms in total. The largest absolute Gasteiger partial charge is 0.399 e. The first kappa shape index (κ1) is 14.6. The van der Waals surface area contributed by atoms with Gasteiger partial charge in [0.25, 0.3) is 0 Å². The van der Waals surface area contributed by atoms with Crippen LogP contribution < -0.4 is 5.73 Å². The van der Waals surface area contributed by atoms with Crippen LogP contribution in [0.4, 0.5) is 18.9 Å². The molecule has 2 N–H and O–H groups in total. The van der Waals surface area contributed by atoms with Crippen molar-refractivity contribution in [3.8, 4) is 11.4 Å². The Hall–Kier alpha value is -1.83. The summed E-state index contributed by atoms with van der Waals surface area (Å²) in [7, 11) is 0. The topological polar surface area (TPSA) is 69.6 Å². The van der Waals surface area contributed by atoms with Gasteiger partial charge in [-0.2, -0.15) is 13.2 Å². The second-order valence-electron chi connectivity index (χ2n) is 4.35. The second kappa shape index (κ2) is 5.28. The number of anilines is 1. The van der Waals surface area contributed by atoms with E-state index in [1.807, 2.05) is 0 Å². The van der Waals surface area contributed by atoms with Crippen LogP contribution in [-0.2, 0) is 0 Å². The number of aromatic nitrogens is 4. The number of tetrazole rings is 1. The normalized spacial score (nSPS) is 13.4. The van der Waals surface area contributed by atoms with Crippen LogP contribution in [0.2, 0.25) is 5.02 Å². The van der Waals surface area contributed by atoms with Gasteiger partial charge < -0.3 is 5.73 Å². The Balaban J connectivity index is 2.40. The third kappa shape index (κ3) is 3.19. The van der Waals surface area contributed by atoms with Gasteiger partial charge in [-0.1, -0.05) is 11.6 Å². The smallest absolute Gasteiger partial charge is 0.391 e. The number of hydrogen-bond donors (Lipinski definition) is 1. The zero-order chi connectivity index (χ0) is 14.9. The van der Waals surface area contributed by atoms with Gasteiger partial charge in [0.15, 0.2) is 5.82 Å². The molecule has 20 heavy (non-hydrogen) atoms. The molecule has 9 heteroatoms. The maximum atomic E-state index is 12.4. The van der Waals surface area contributed by atoms with Gasteiger partial charge in [-0.3, -0.25) is 0 Å². The summed E-state index contributed by atoms with van der Waals surface area (Å²) in [5, 5.41) is 11.1. The predicted molar refractivity (Wildman–Crippen MR) is 68.1 cm³/mol. The first-order valence-electron chi connectivity index (χ1n) is 5.68. The minimum Gasteiger partial charge on any atom is -0.399 e. The minimum absolute atomic E-state index is 0.152. The van der Waals surface area contributed by atoms with E-state index in [2.05, 4.69) is 15.5 Å². The molecule has 1 heterocycles. The molecule has 2 rings (SSSR count). The van der Waals surface area contributed by atoms with E-state index in [0.29, 0.717) is 16.3 Å². The second-order valence-corrected chi connectivity index (χ2v) is 4.76. The summed E-state index contributed by atoms with van der Waals surface area (Å²) in [6, 6.07) is 3.70. The Morgan fingerprint density at radius 2 is 2.10 bits per heavy atom. The van der Waals surface area contributed by atoms with Crippen molar-refractivity contribution in [2.75, 3.05) is 5.73 Å². The predicted octanol–water partition coefficient (Wildman–Crippen LogP) is 3.09. The molecule has 0 bridgehead atoms. The summed E-state index contributed by atoms with van der Waals surface area (Å²) < 4.78 is 38.4. The van der Waals surface area contributed by atoms with E-state index in [9.17, 15) is 13.2 Å². The highest BCUT2D eigenvalue weighted by molar-refractivity contribution is 6.33. The zero-order valence-electron chi connectivity index (χ0n) is 10.4. The van der Waals surface area contributed by atoms with Gasteiger partial charge in [0.05, 0.1) is 17.5 Å². The maximum Gasteiger partial charge on any atom is 0.391 e. The number of nitrogen functional groups attached to an aromatic ring is 1. The lowest BCUT2D eigenvalue weighted by Crippen LogP contribution is -2.18. The van der Waals surface area contributed by atoms with Gasteiger partial charge in [-0.05, 0) is 35.5 Å². The fourth-order valence-corrected chi connectivity index (χ4v) is 2.01. The summed E-state index contributed by atoms with van der Waals surface area (Å²) >= 11 is 6.01. The van der Waals surface area contributed by atoms with Crippen LogP contribution in [0.3, 0.4) is 0 Å². The SMILES string of the molecule is CC(CC(F)(F)F)n1nnnc1-c1cc(N)ccc1Cl. The van der Waals surface area contributed by atoms with E-state index in [0.717, 1.165) is 4.68 Å². The summed E-state index contributed by atoms with van der Waals surface area (Å²) in [5.41, 5.74) is 6.46. The van der Waals surface area contributed by atoms with E-state index in [1.54, 1.807) is 12.1 Å². The van der Waals surface area contributed by atoms with Crippen molar-refractivity contribution in [3.05, 3.63) is 23.2 Å². The molecule has 0 amide bonds. The number of alkyl halides is 3. The lowest BCUT2D eigenvalue weighted by molar-refractivity contribution is -0.142. The maximum absolute atomic E-state index is 12.4. The average Bonchev–Trinajstić information content (AvgIpc) is 2.79. The highest BCUT2D eigenvalue weighted by Crippen LogP contribution is 2.32. The van der Waals surface area contributed by atoms with Crippen LogP contribution >= 0.6 is 11.6 Å². The number of rotatable bonds is 3.